The van der Waals surface area contributed by atoms with Crippen molar-refractivity contribution in [2.24, 2.45) is 0 Å². The fraction of sp³-hybridized carbons (Fsp3) is 0.343. The van der Waals surface area contributed by atoms with Crippen LogP contribution >= 0.6 is 0 Å². The van der Waals surface area contributed by atoms with Gasteiger partial charge in [0.25, 0.3) is 17.7 Å². The van der Waals surface area contributed by atoms with E-state index >= 15 is 0 Å². The molecule has 1 aliphatic heterocycles. The van der Waals surface area contributed by atoms with Gasteiger partial charge in [-0.05, 0) is 86.2 Å². The van der Waals surface area contributed by atoms with E-state index in [1.165, 1.54) is 35.8 Å². The van der Waals surface area contributed by atoms with Gasteiger partial charge >= 0.3 is 12.0 Å². The molecular weight excluding hydrogens is 572 g/mol. The number of benzene rings is 3. The second-order valence-electron chi connectivity index (χ2n) is 11.9. The monoisotopic (exact) mass is 610 g/mol. The van der Waals surface area contributed by atoms with Gasteiger partial charge in [0.2, 0.25) is 0 Å². The van der Waals surface area contributed by atoms with Gasteiger partial charge in [0.1, 0.15) is 0 Å². The average molecular weight is 611 g/mol. The molecule has 0 atom stereocenters. The van der Waals surface area contributed by atoms with Gasteiger partial charge in [0.15, 0.2) is 0 Å². The second-order valence-corrected chi connectivity index (χ2v) is 11.9. The Morgan fingerprint density at radius 1 is 0.889 bits per heavy atom. The van der Waals surface area contributed by atoms with Crippen LogP contribution in [0.4, 0.5) is 16.2 Å². The zero-order valence-corrected chi connectivity index (χ0v) is 25.5. The predicted molar refractivity (Wildman–Crippen MR) is 171 cm³/mol. The zero-order chi connectivity index (χ0) is 32.1. The van der Waals surface area contributed by atoms with Crippen LogP contribution in [0, 0.1) is 0 Å². The normalized spacial score (nSPS) is 14.8. The fourth-order valence-electron chi connectivity index (χ4n) is 5.97. The van der Waals surface area contributed by atoms with Crippen LogP contribution in [-0.4, -0.2) is 52.3 Å². The summed E-state index contributed by atoms with van der Waals surface area (Å²) in [6.07, 6.45) is 5.86. The molecule has 3 aromatic carbocycles. The number of urea groups is 1. The van der Waals surface area contributed by atoms with Gasteiger partial charge in [0.05, 0.1) is 24.1 Å². The molecule has 3 aromatic rings. The van der Waals surface area contributed by atoms with Crippen molar-refractivity contribution in [3.8, 4) is 0 Å². The SMILES string of the molecule is CC(C)N1C(=O)c2ccc(NC(=O)N(Cc3ccc(C(=O)NCCC(=O)O)cc3)c3ccc(C4CCCCC4)cc3)cc2C1=O. The average Bonchev–Trinajstić information content (AvgIpc) is 3.29. The van der Waals surface area contributed by atoms with Crippen LogP contribution in [0.1, 0.15) is 100 Å². The van der Waals surface area contributed by atoms with Crippen LogP contribution in [0.3, 0.4) is 0 Å². The number of carbonyl (C=O) groups is 5. The van der Waals surface area contributed by atoms with Gasteiger partial charge in [-0.2, -0.15) is 0 Å². The number of aliphatic carboxylic acids is 1. The highest BCUT2D eigenvalue weighted by atomic mass is 16.4. The van der Waals surface area contributed by atoms with E-state index in [4.69, 9.17) is 5.11 Å². The highest BCUT2D eigenvalue weighted by Gasteiger charge is 2.37. The third-order valence-electron chi connectivity index (χ3n) is 8.39. The van der Waals surface area contributed by atoms with Gasteiger partial charge in [-0.1, -0.05) is 43.5 Å². The van der Waals surface area contributed by atoms with Crippen molar-refractivity contribution in [3.63, 3.8) is 0 Å². The van der Waals surface area contributed by atoms with Crippen molar-refractivity contribution in [1.82, 2.24) is 10.2 Å². The summed E-state index contributed by atoms with van der Waals surface area (Å²) in [6, 6.07) is 18.8. The van der Waals surface area contributed by atoms with Crippen LogP contribution in [0.2, 0.25) is 0 Å². The maximum Gasteiger partial charge on any atom is 0.326 e. The summed E-state index contributed by atoms with van der Waals surface area (Å²) in [7, 11) is 0. The first-order valence-electron chi connectivity index (χ1n) is 15.4. The lowest BCUT2D eigenvalue weighted by Gasteiger charge is -2.26. The molecule has 0 radical (unpaired) electrons. The number of anilines is 2. The summed E-state index contributed by atoms with van der Waals surface area (Å²) in [5.41, 5.74) is 4.05. The number of amides is 5. The molecule has 45 heavy (non-hydrogen) atoms. The molecule has 2 aliphatic rings. The van der Waals surface area contributed by atoms with E-state index in [9.17, 15) is 24.0 Å². The third-order valence-corrected chi connectivity index (χ3v) is 8.39. The maximum absolute atomic E-state index is 13.8. The lowest BCUT2D eigenvalue weighted by atomic mass is 9.84. The summed E-state index contributed by atoms with van der Waals surface area (Å²) >= 11 is 0. The molecule has 10 nitrogen and oxygen atoms in total. The zero-order valence-electron chi connectivity index (χ0n) is 25.5. The van der Waals surface area contributed by atoms with Gasteiger partial charge in [0, 0.05) is 29.5 Å². The van der Waals surface area contributed by atoms with E-state index in [1.54, 1.807) is 55.1 Å². The molecule has 234 valence electrons. The number of carboxylic acids is 1. The largest absolute Gasteiger partial charge is 0.481 e. The molecule has 0 spiro atoms. The number of carboxylic acid groups (broad SMARTS) is 1. The standard InChI is InChI=1S/C35H38N4O6/c1-22(2)39-33(43)29-17-14-27(20-30(29)34(39)44)37-35(45)38(28-15-12-25(13-16-28)24-6-4-3-5-7-24)21-23-8-10-26(11-9-23)32(42)36-19-18-31(40)41/h8-17,20,22,24H,3-7,18-19,21H2,1-2H3,(H,36,42)(H,37,45)(H,40,41). The van der Waals surface area contributed by atoms with Crippen molar-refractivity contribution in [1.29, 1.82) is 0 Å². The molecule has 3 N–H and O–H groups in total. The third kappa shape index (κ3) is 7.22. The molecule has 0 unspecified atom stereocenters. The molecular formula is C35H38N4O6. The van der Waals surface area contributed by atoms with Crippen molar-refractivity contribution in [2.75, 3.05) is 16.8 Å². The van der Waals surface area contributed by atoms with Gasteiger partial charge in [-0.3, -0.25) is 29.0 Å². The quantitative estimate of drug-likeness (QED) is 0.235. The Bertz CT molecular complexity index is 1590. The van der Waals surface area contributed by atoms with E-state index in [0.717, 1.165) is 18.4 Å². The topological polar surface area (TPSA) is 136 Å². The Labute approximate surface area is 262 Å². The number of rotatable bonds is 10. The van der Waals surface area contributed by atoms with E-state index in [1.807, 2.05) is 12.1 Å². The minimum absolute atomic E-state index is 0.0265. The van der Waals surface area contributed by atoms with Crippen molar-refractivity contribution in [3.05, 3.63) is 94.5 Å². The molecule has 1 heterocycles. The summed E-state index contributed by atoms with van der Waals surface area (Å²) < 4.78 is 0. The highest BCUT2D eigenvalue weighted by molar-refractivity contribution is 6.22. The van der Waals surface area contributed by atoms with E-state index in [-0.39, 0.29) is 48.8 Å². The molecule has 0 aromatic heterocycles. The van der Waals surface area contributed by atoms with Crippen LogP contribution < -0.4 is 15.5 Å². The molecule has 5 rings (SSSR count). The Morgan fingerprint density at radius 2 is 1.56 bits per heavy atom. The Morgan fingerprint density at radius 3 is 2.20 bits per heavy atom. The maximum atomic E-state index is 13.8. The van der Waals surface area contributed by atoms with Crippen LogP contribution in [0.25, 0.3) is 0 Å². The van der Waals surface area contributed by atoms with Crippen molar-refractivity contribution >= 4 is 41.1 Å². The van der Waals surface area contributed by atoms with Crippen LogP contribution in [0.15, 0.2) is 66.7 Å². The first-order valence-corrected chi connectivity index (χ1v) is 15.4. The van der Waals surface area contributed by atoms with E-state index < -0.39 is 12.0 Å². The van der Waals surface area contributed by atoms with Gasteiger partial charge in [-0.15, -0.1) is 0 Å². The van der Waals surface area contributed by atoms with Gasteiger partial charge in [-0.25, -0.2) is 4.79 Å². The number of hydrogen-bond donors (Lipinski definition) is 3. The molecule has 1 fully saturated rings. The number of carbonyl (C=O) groups excluding carboxylic acids is 4. The van der Waals surface area contributed by atoms with Crippen LogP contribution in [0.5, 0.6) is 0 Å². The Kier molecular flexibility index (Phi) is 9.61. The molecule has 1 saturated carbocycles. The van der Waals surface area contributed by atoms with E-state index in [2.05, 4.69) is 22.8 Å². The number of fused-ring (bicyclic) bond motifs is 1. The highest BCUT2D eigenvalue weighted by Crippen LogP contribution is 2.34. The first kappa shape index (κ1) is 31.4. The summed E-state index contributed by atoms with van der Waals surface area (Å²) in [5, 5.41) is 14.3. The number of imide groups is 1. The first-order chi connectivity index (χ1) is 21.6. The minimum Gasteiger partial charge on any atom is -0.481 e. The lowest BCUT2D eigenvalue weighted by molar-refractivity contribution is -0.136. The number of nitrogens with one attached hydrogen (secondary N) is 2. The molecule has 10 heteroatoms. The second kappa shape index (κ2) is 13.8. The molecule has 0 bridgehead atoms. The number of hydrogen-bond acceptors (Lipinski definition) is 5. The Hall–Kier alpha value is -4.99. The smallest absolute Gasteiger partial charge is 0.326 e. The van der Waals surface area contributed by atoms with Crippen molar-refractivity contribution < 1.29 is 29.1 Å². The van der Waals surface area contributed by atoms with E-state index in [0.29, 0.717) is 28.4 Å². The molecule has 0 saturated heterocycles. The fourth-order valence-corrected chi connectivity index (χ4v) is 5.97. The molecule has 1 aliphatic carbocycles. The lowest BCUT2D eigenvalue weighted by Crippen LogP contribution is -2.36. The minimum atomic E-state index is -0.992. The van der Waals surface area contributed by atoms with Crippen LogP contribution in [-0.2, 0) is 11.3 Å². The molecule has 5 amide bonds. The summed E-state index contributed by atoms with van der Waals surface area (Å²) in [4.78, 5) is 65.4. The predicted octanol–water partition coefficient (Wildman–Crippen LogP) is 6.18. The summed E-state index contributed by atoms with van der Waals surface area (Å²) in [5.74, 6) is -1.59. The van der Waals surface area contributed by atoms with Gasteiger partial charge < -0.3 is 15.7 Å². The number of nitrogens with zero attached hydrogens (tertiary/aromatic N) is 2. The van der Waals surface area contributed by atoms with Crippen molar-refractivity contribution in [2.45, 2.75) is 70.9 Å². The summed E-state index contributed by atoms with van der Waals surface area (Å²) in [6.45, 7) is 3.78. The Balaban J connectivity index is 1.36.